The van der Waals surface area contributed by atoms with Crippen molar-refractivity contribution >= 4 is 5.78 Å². The van der Waals surface area contributed by atoms with Crippen molar-refractivity contribution in [1.29, 1.82) is 0 Å². The van der Waals surface area contributed by atoms with Gasteiger partial charge in [0.1, 0.15) is 6.10 Å². The predicted octanol–water partition coefficient (Wildman–Crippen LogP) is 2.76. The van der Waals surface area contributed by atoms with E-state index in [1.54, 1.807) is 25.3 Å². The molecule has 0 radical (unpaired) electrons. The molecule has 0 aromatic heterocycles. The topological polar surface area (TPSA) is 66.5 Å². The van der Waals surface area contributed by atoms with Gasteiger partial charge in [0.15, 0.2) is 34.9 Å². The lowest BCUT2D eigenvalue weighted by Crippen LogP contribution is -2.08. The van der Waals surface area contributed by atoms with E-state index in [-0.39, 0.29) is 18.7 Å². The smallest absolute Gasteiger partial charge is 0.231 e. The molecule has 0 spiro atoms. The monoisotopic (exact) mass is 328 g/mol. The molecule has 6 heteroatoms. The lowest BCUT2D eigenvalue weighted by Gasteiger charge is -2.08. The molecule has 0 amide bonds. The van der Waals surface area contributed by atoms with E-state index in [0.717, 1.165) is 5.56 Å². The summed E-state index contributed by atoms with van der Waals surface area (Å²) in [6, 6.07) is 10.7. The van der Waals surface area contributed by atoms with Gasteiger partial charge in [0, 0.05) is 5.56 Å². The van der Waals surface area contributed by atoms with E-state index < -0.39 is 6.10 Å². The molecule has 0 aliphatic carbocycles. The van der Waals surface area contributed by atoms with E-state index in [4.69, 9.17) is 23.7 Å². The zero-order chi connectivity index (χ0) is 16.7. The van der Waals surface area contributed by atoms with Gasteiger partial charge in [0.25, 0.3) is 0 Å². The zero-order valence-electron chi connectivity index (χ0n) is 13.3. The standard InChI is InChI=1S/C18H16O6/c1-20-12-5-3-10(7-14(12)21-2)16(19)18-17(24-18)11-4-6-13-15(8-11)23-9-22-13/h3-8,17-18H,9H2,1-2H3/t17-,18+/m0/s1. The third-order valence-electron chi connectivity index (χ3n) is 4.14. The Balaban J connectivity index is 1.53. The van der Waals surface area contributed by atoms with Gasteiger partial charge in [-0.1, -0.05) is 6.07 Å². The highest BCUT2D eigenvalue weighted by Gasteiger charge is 2.46. The Morgan fingerprint density at radius 2 is 1.79 bits per heavy atom. The van der Waals surface area contributed by atoms with Crippen LogP contribution in [0.25, 0.3) is 0 Å². The number of carbonyl (C=O) groups excluding carboxylic acids is 1. The summed E-state index contributed by atoms with van der Waals surface area (Å²) in [4.78, 5) is 12.6. The lowest BCUT2D eigenvalue weighted by atomic mass is 10.0. The summed E-state index contributed by atoms with van der Waals surface area (Å²) in [5, 5.41) is 0. The van der Waals surface area contributed by atoms with Crippen LogP contribution in [0.15, 0.2) is 36.4 Å². The van der Waals surface area contributed by atoms with Crippen LogP contribution in [0.3, 0.4) is 0 Å². The second kappa shape index (κ2) is 5.72. The largest absolute Gasteiger partial charge is 0.493 e. The van der Waals surface area contributed by atoms with Crippen molar-refractivity contribution in [3.63, 3.8) is 0 Å². The Hall–Kier alpha value is -2.73. The molecule has 6 nitrogen and oxygen atoms in total. The van der Waals surface area contributed by atoms with Gasteiger partial charge in [-0.2, -0.15) is 0 Å². The summed E-state index contributed by atoms with van der Waals surface area (Å²) in [6.07, 6.45) is -0.761. The number of benzene rings is 2. The first kappa shape index (κ1) is 14.8. The molecule has 0 saturated carbocycles. The molecule has 1 saturated heterocycles. The second-order valence-electron chi connectivity index (χ2n) is 5.52. The minimum Gasteiger partial charge on any atom is -0.493 e. The number of hydrogen-bond acceptors (Lipinski definition) is 6. The maximum Gasteiger partial charge on any atom is 0.231 e. The molecule has 0 unspecified atom stereocenters. The van der Waals surface area contributed by atoms with Gasteiger partial charge < -0.3 is 23.7 Å². The quantitative estimate of drug-likeness (QED) is 0.621. The number of carbonyl (C=O) groups is 1. The third-order valence-corrected chi connectivity index (χ3v) is 4.14. The van der Waals surface area contributed by atoms with Crippen LogP contribution in [0.1, 0.15) is 22.0 Å². The summed E-state index contributed by atoms with van der Waals surface area (Å²) in [7, 11) is 3.09. The van der Waals surface area contributed by atoms with Gasteiger partial charge in [-0.25, -0.2) is 0 Å². The number of epoxide rings is 1. The molecule has 2 aromatic carbocycles. The summed E-state index contributed by atoms with van der Waals surface area (Å²) in [5.74, 6) is 2.41. The van der Waals surface area contributed by atoms with Crippen LogP contribution < -0.4 is 18.9 Å². The molecule has 2 aliphatic heterocycles. The summed E-state index contributed by atoms with van der Waals surface area (Å²) < 4.78 is 26.7. The van der Waals surface area contributed by atoms with Gasteiger partial charge in [-0.15, -0.1) is 0 Å². The Kier molecular flexibility index (Phi) is 3.54. The molecule has 0 N–H and O–H groups in total. The van der Waals surface area contributed by atoms with E-state index in [1.807, 2.05) is 18.2 Å². The van der Waals surface area contributed by atoms with Crippen LogP contribution in [0.2, 0.25) is 0 Å². The van der Waals surface area contributed by atoms with Crippen molar-refractivity contribution in [2.75, 3.05) is 21.0 Å². The number of methoxy groups -OCH3 is 2. The Labute approximate surface area is 138 Å². The number of rotatable bonds is 5. The first-order valence-electron chi connectivity index (χ1n) is 7.52. The van der Waals surface area contributed by atoms with E-state index in [1.165, 1.54) is 7.11 Å². The molecule has 0 bridgehead atoms. The molecule has 24 heavy (non-hydrogen) atoms. The molecule has 4 rings (SSSR count). The normalized spacial score (nSPS) is 20.6. The van der Waals surface area contributed by atoms with Crippen molar-refractivity contribution in [1.82, 2.24) is 0 Å². The number of hydrogen-bond donors (Lipinski definition) is 0. The van der Waals surface area contributed by atoms with E-state index in [0.29, 0.717) is 28.6 Å². The molecule has 2 aromatic rings. The number of ketones is 1. The number of ether oxygens (including phenoxy) is 5. The van der Waals surface area contributed by atoms with Crippen molar-refractivity contribution in [2.24, 2.45) is 0 Å². The fourth-order valence-electron chi connectivity index (χ4n) is 2.81. The zero-order valence-corrected chi connectivity index (χ0v) is 13.3. The van der Waals surface area contributed by atoms with Crippen molar-refractivity contribution in [3.8, 4) is 23.0 Å². The summed E-state index contributed by atoms with van der Waals surface area (Å²) in [5.41, 5.74) is 1.43. The van der Waals surface area contributed by atoms with Crippen LogP contribution in [-0.2, 0) is 4.74 Å². The van der Waals surface area contributed by atoms with E-state index >= 15 is 0 Å². The van der Waals surface area contributed by atoms with Gasteiger partial charge in [0.2, 0.25) is 6.79 Å². The molecule has 1 fully saturated rings. The fraction of sp³-hybridized carbons (Fsp3) is 0.278. The predicted molar refractivity (Wildman–Crippen MR) is 84.1 cm³/mol. The summed E-state index contributed by atoms with van der Waals surface area (Å²) >= 11 is 0. The van der Waals surface area contributed by atoms with Crippen LogP contribution >= 0.6 is 0 Å². The highest BCUT2D eigenvalue weighted by Crippen LogP contribution is 2.44. The SMILES string of the molecule is COc1ccc(C(=O)[C@H]2O[C@H]2c2ccc3c(c2)OCO3)cc1OC. The molecule has 2 heterocycles. The molecule has 124 valence electrons. The van der Waals surface area contributed by atoms with Crippen molar-refractivity contribution in [3.05, 3.63) is 47.5 Å². The third kappa shape index (κ3) is 2.45. The minimum absolute atomic E-state index is 0.0846. The Bertz CT molecular complexity index is 800. The minimum atomic E-state index is -0.497. The van der Waals surface area contributed by atoms with Gasteiger partial charge in [0.05, 0.1) is 14.2 Å². The van der Waals surface area contributed by atoms with Gasteiger partial charge in [-0.05, 0) is 35.9 Å². The summed E-state index contributed by atoms with van der Waals surface area (Å²) in [6.45, 7) is 0.221. The maximum absolute atomic E-state index is 12.6. The van der Waals surface area contributed by atoms with Crippen LogP contribution in [0.4, 0.5) is 0 Å². The maximum atomic E-state index is 12.6. The second-order valence-corrected chi connectivity index (χ2v) is 5.52. The molecular weight excluding hydrogens is 312 g/mol. The fourth-order valence-corrected chi connectivity index (χ4v) is 2.81. The van der Waals surface area contributed by atoms with Crippen LogP contribution in [0, 0.1) is 0 Å². The first-order chi connectivity index (χ1) is 11.7. The van der Waals surface area contributed by atoms with Crippen LogP contribution in [0.5, 0.6) is 23.0 Å². The van der Waals surface area contributed by atoms with E-state index in [9.17, 15) is 4.79 Å². The molecular formula is C18H16O6. The average molecular weight is 328 g/mol. The highest BCUT2D eigenvalue weighted by molar-refractivity contribution is 6.02. The van der Waals surface area contributed by atoms with Crippen molar-refractivity contribution in [2.45, 2.75) is 12.2 Å². The molecule has 2 atom stereocenters. The number of fused-ring (bicyclic) bond motifs is 1. The Morgan fingerprint density at radius 3 is 2.58 bits per heavy atom. The van der Waals surface area contributed by atoms with E-state index in [2.05, 4.69) is 0 Å². The highest BCUT2D eigenvalue weighted by atomic mass is 16.7. The molecule has 2 aliphatic rings. The van der Waals surface area contributed by atoms with Gasteiger partial charge in [-0.3, -0.25) is 4.79 Å². The average Bonchev–Trinajstić information content (AvgIpc) is 3.29. The number of Topliss-reactive ketones (excluding diaryl/α,β-unsaturated/α-hetero) is 1. The van der Waals surface area contributed by atoms with Gasteiger partial charge >= 0.3 is 0 Å². The van der Waals surface area contributed by atoms with Crippen LogP contribution in [-0.4, -0.2) is 32.9 Å². The first-order valence-corrected chi connectivity index (χ1v) is 7.52. The van der Waals surface area contributed by atoms with Crippen molar-refractivity contribution < 1.29 is 28.5 Å². The lowest BCUT2D eigenvalue weighted by molar-refractivity contribution is 0.0953. The Morgan fingerprint density at radius 1 is 1.00 bits per heavy atom.